The Kier molecular flexibility index (Phi) is 2.38. The smallest absolute Gasteiger partial charge is 0.127 e. The summed E-state index contributed by atoms with van der Waals surface area (Å²) < 4.78 is 0. The maximum atomic E-state index is 10.2. The SMILES string of the molecule is CNc1ccc(C#N)c(N=O)c1. The van der Waals surface area contributed by atoms with E-state index in [-0.39, 0.29) is 5.69 Å². The first-order valence-corrected chi connectivity index (χ1v) is 3.37. The standard InChI is InChI=1S/C8H7N3O/c1-10-7-3-2-6(5-9)8(4-7)11-12/h2-4,10H,1H3. The van der Waals surface area contributed by atoms with Gasteiger partial charge < -0.3 is 5.32 Å². The van der Waals surface area contributed by atoms with Crippen LogP contribution in [0.15, 0.2) is 23.4 Å². The van der Waals surface area contributed by atoms with Gasteiger partial charge in [0, 0.05) is 12.7 Å². The zero-order valence-corrected chi connectivity index (χ0v) is 6.53. The van der Waals surface area contributed by atoms with Crippen molar-refractivity contribution in [2.45, 2.75) is 0 Å². The number of nitrogens with one attached hydrogen (secondary N) is 1. The number of anilines is 1. The zero-order chi connectivity index (χ0) is 8.97. The van der Waals surface area contributed by atoms with Crippen LogP contribution in [0.2, 0.25) is 0 Å². The molecule has 0 saturated carbocycles. The Labute approximate surface area is 69.8 Å². The number of nitriles is 1. The molecule has 1 rings (SSSR count). The van der Waals surface area contributed by atoms with E-state index in [1.54, 1.807) is 19.2 Å². The molecule has 0 radical (unpaired) electrons. The molecule has 0 unspecified atom stereocenters. The Morgan fingerprint density at radius 1 is 1.58 bits per heavy atom. The van der Waals surface area contributed by atoms with Crippen LogP contribution >= 0.6 is 0 Å². The molecule has 1 N–H and O–H groups in total. The predicted octanol–water partition coefficient (Wildman–Crippen LogP) is 2.00. The van der Waals surface area contributed by atoms with Crippen molar-refractivity contribution in [3.05, 3.63) is 28.7 Å². The second-order valence-corrected chi connectivity index (χ2v) is 2.19. The maximum absolute atomic E-state index is 10.2. The minimum absolute atomic E-state index is 0.171. The summed E-state index contributed by atoms with van der Waals surface area (Å²) in [6, 6.07) is 6.68. The minimum Gasteiger partial charge on any atom is -0.388 e. The quantitative estimate of drug-likeness (QED) is 0.674. The molecule has 4 heteroatoms. The Balaban J connectivity index is 3.21. The third-order valence-electron chi connectivity index (χ3n) is 1.51. The maximum Gasteiger partial charge on any atom is 0.127 e. The van der Waals surface area contributed by atoms with Crippen molar-refractivity contribution in [1.82, 2.24) is 0 Å². The molecule has 0 fully saturated rings. The number of nitroso groups, excluding NO2 is 1. The van der Waals surface area contributed by atoms with E-state index < -0.39 is 0 Å². The van der Waals surface area contributed by atoms with Crippen LogP contribution in [0.4, 0.5) is 11.4 Å². The first kappa shape index (κ1) is 8.21. The molecule has 0 aromatic heterocycles. The van der Waals surface area contributed by atoms with Crippen molar-refractivity contribution >= 4 is 11.4 Å². The first-order valence-electron chi connectivity index (χ1n) is 3.37. The first-order chi connectivity index (χ1) is 5.81. The van der Waals surface area contributed by atoms with E-state index in [1.807, 2.05) is 6.07 Å². The third-order valence-corrected chi connectivity index (χ3v) is 1.51. The van der Waals surface area contributed by atoms with Gasteiger partial charge in [-0.15, -0.1) is 4.91 Å². The van der Waals surface area contributed by atoms with Crippen LogP contribution in [0.5, 0.6) is 0 Å². The second kappa shape index (κ2) is 3.49. The van der Waals surface area contributed by atoms with Gasteiger partial charge >= 0.3 is 0 Å². The van der Waals surface area contributed by atoms with Gasteiger partial charge in [-0.1, -0.05) is 0 Å². The molecule has 0 aliphatic carbocycles. The fraction of sp³-hybridized carbons (Fsp3) is 0.125. The largest absolute Gasteiger partial charge is 0.388 e. The highest BCUT2D eigenvalue weighted by Gasteiger charge is 2.01. The lowest BCUT2D eigenvalue weighted by Gasteiger charge is -1.99. The van der Waals surface area contributed by atoms with Crippen LogP contribution in [0.3, 0.4) is 0 Å². The van der Waals surface area contributed by atoms with Gasteiger partial charge in [-0.05, 0) is 23.4 Å². The third kappa shape index (κ3) is 1.40. The molecular formula is C8H7N3O. The van der Waals surface area contributed by atoms with Crippen LogP contribution in [0.1, 0.15) is 5.56 Å². The molecule has 0 aliphatic heterocycles. The van der Waals surface area contributed by atoms with E-state index in [2.05, 4.69) is 10.5 Å². The van der Waals surface area contributed by atoms with Gasteiger partial charge in [0.15, 0.2) is 0 Å². The fourth-order valence-corrected chi connectivity index (χ4v) is 0.857. The number of hydrogen-bond acceptors (Lipinski definition) is 4. The normalized spacial score (nSPS) is 8.67. The topological polar surface area (TPSA) is 65.2 Å². The van der Waals surface area contributed by atoms with Gasteiger partial charge in [0.1, 0.15) is 11.8 Å². The molecule has 12 heavy (non-hydrogen) atoms. The molecule has 60 valence electrons. The predicted molar refractivity (Wildman–Crippen MR) is 46.2 cm³/mol. The summed E-state index contributed by atoms with van der Waals surface area (Å²) >= 11 is 0. The summed E-state index contributed by atoms with van der Waals surface area (Å²) in [7, 11) is 1.73. The lowest BCUT2D eigenvalue weighted by Crippen LogP contribution is -1.87. The average Bonchev–Trinajstić information content (AvgIpc) is 2.16. The minimum atomic E-state index is 0.171. The monoisotopic (exact) mass is 161 g/mol. The van der Waals surface area contributed by atoms with Gasteiger partial charge in [-0.25, -0.2) is 0 Å². The number of benzene rings is 1. The summed E-state index contributed by atoms with van der Waals surface area (Å²) in [5, 5.41) is 14.1. The highest BCUT2D eigenvalue weighted by molar-refractivity contribution is 5.61. The second-order valence-electron chi connectivity index (χ2n) is 2.19. The summed E-state index contributed by atoms with van der Waals surface area (Å²) in [6.07, 6.45) is 0. The van der Waals surface area contributed by atoms with Crippen molar-refractivity contribution < 1.29 is 0 Å². The molecule has 0 spiro atoms. The fourth-order valence-electron chi connectivity index (χ4n) is 0.857. The highest BCUT2D eigenvalue weighted by Crippen LogP contribution is 2.22. The van der Waals surface area contributed by atoms with Gasteiger partial charge in [0.2, 0.25) is 0 Å². The molecule has 0 atom stereocenters. The van der Waals surface area contributed by atoms with Crippen LogP contribution in [0.25, 0.3) is 0 Å². The Hall–Kier alpha value is -1.89. The van der Waals surface area contributed by atoms with Gasteiger partial charge in [-0.3, -0.25) is 0 Å². The molecule has 0 heterocycles. The number of rotatable bonds is 2. The Morgan fingerprint density at radius 3 is 2.83 bits per heavy atom. The van der Waals surface area contributed by atoms with Gasteiger partial charge in [0.25, 0.3) is 0 Å². The van der Waals surface area contributed by atoms with Crippen molar-refractivity contribution in [1.29, 1.82) is 5.26 Å². The van der Waals surface area contributed by atoms with E-state index in [0.717, 1.165) is 5.69 Å². The zero-order valence-electron chi connectivity index (χ0n) is 6.53. The average molecular weight is 161 g/mol. The lowest BCUT2D eigenvalue weighted by atomic mass is 10.2. The molecule has 4 nitrogen and oxygen atoms in total. The van der Waals surface area contributed by atoms with Crippen LogP contribution in [-0.2, 0) is 0 Å². The van der Waals surface area contributed by atoms with Crippen molar-refractivity contribution in [2.75, 3.05) is 12.4 Å². The van der Waals surface area contributed by atoms with Crippen LogP contribution in [-0.4, -0.2) is 7.05 Å². The number of hydrogen-bond donors (Lipinski definition) is 1. The molecule has 0 saturated heterocycles. The van der Waals surface area contributed by atoms with Crippen molar-refractivity contribution in [3.63, 3.8) is 0 Å². The Morgan fingerprint density at radius 2 is 2.33 bits per heavy atom. The van der Waals surface area contributed by atoms with E-state index >= 15 is 0 Å². The van der Waals surface area contributed by atoms with Crippen molar-refractivity contribution in [3.8, 4) is 6.07 Å². The lowest BCUT2D eigenvalue weighted by molar-refractivity contribution is 1.41. The summed E-state index contributed by atoms with van der Waals surface area (Å²) in [5.41, 5.74) is 1.23. The molecule has 0 bridgehead atoms. The van der Waals surface area contributed by atoms with Gasteiger partial charge in [-0.2, -0.15) is 5.26 Å². The van der Waals surface area contributed by atoms with Crippen molar-refractivity contribution in [2.24, 2.45) is 5.18 Å². The van der Waals surface area contributed by atoms with E-state index in [1.165, 1.54) is 6.07 Å². The molecular weight excluding hydrogens is 154 g/mol. The van der Waals surface area contributed by atoms with Crippen LogP contribution < -0.4 is 5.32 Å². The molecule has 0 amide bonds. The van der Waals surface area contributed by atoms with E-state index in [0.29, 0.717) is 5.56 Å². The molecule has 1 aromatic carbocycles. The summed E-state index contributed by atoms with van der Waals surface area (Å²) in [5.74, 6) is 0. The highest BCUT2D eigenvalue weighted by atomic mass is 16.3. The molecule has 0 aliphatic rings. The van der Waals surface area contributed by atoms with Crippen LogP contribution in [0, 0.1) is 16.2 Å². The van der Waals surface area contributed by atoms with E-state index in [4.69, 9.17) is 5.26 Å². The Bertz CT molecular complexity index is 341. The van der Waals surface area contributed by atoms with E-state index in [9.17, 15) is 4.91 Å². The number of nitrogens with zero attached hydrogens (tertiary/aromatic N) is 2. The molecule has 1 aromatic rings. The summed E-state index contributed by atoms with van der Waals surface area (Å²) in [4.78, 5) is 10.2. The van der Waals surface area contributed by atoms with Gasteiger partial charge in [0.05, 0.1) is 5.56 Å². The summed E-state index contributed by atoms with van der Waals surface area (Å²) in [6.45, 7) is 0.